The van der Waals surface area contributed by atoms with E-state index in [0.717, 1.165) is 56.0 Å². The van der Waals surface area contributed by atoms with Gasteiger partial charge in [0.05, 0.1) is 24.2 Å². The van der Waals surface area contributed by atoms with Gasteiger partial charge in [0.1, 0.15) is 12.4 Å². The normalized spacial score (nSPS) is 20.9. The van der Waals surface area contributed by atoms with Gasteiger partial charge in [-0.3, -0.25) is 4.79 Å². The predicted molar refractivity (Wildman–Crippen MR) is 170 cm³/mol. The van der Waals surface area contributed by atoms with Gasteiger partial charge in [-0.1, -0.05) is 36.9 Å². The molecule has 2 fully saturated rings. The highest BCUT2D eigenvalue weighted by atomic mass is 16.5. The molecule has 1 amide bonds. The van der Waals surface area contributed by atoms with Crippen LogP contribution < -0.4 is 14.5 Å². The first-order chi connectivity index (χ1) is 21.0. The van der Waals surface area contributed by atoms with E-state index in [1.807, 2.05) is 0 Å². The van der Waals surface area contributed by atoms with E-state index in [4.69, 9.17) is 14.7 Å². The van der Waals surface area contributed by atoms with Crippen LogP contribution in [-0.2, 0) is 17.6 Å². The molecule has 0 saturated carbocycles. The number of likely N-dealkylation sites (tertiary alicyclic amines) is 1. The number of carbonyl (C=O) groups excluding carboxylic acids is 1. The minimum Gasteiger partial charge on any atom is -0.462 e. The smallest absolute Gasteiger partial charge is 0.318 e. The fourth-order valence-electron chi connectivity index (χ4n) is 6.99. The zero-order chi connectivity index (χ0) is 29.9. The number of nitrogens with zero attached hydrogens (tertiary/aromatic N) is 7. The number of aryl methyl sites for hydroxylation is 1. The summed E-state index contributed by atoms with van der Waals surface area (Å²) >= 11 is 0. The van der Waals surface area contributed by atoms with Crippen molar-refractivity contribution in [2.75, 3.05) is 62.7 Å². The van der Waals surface area contributed by atoms with Crippen LogP contribution in [0, 0.1) is 18.3 Å². The first-order valence-electron chi connectivity index (χ1n) is 15.5. The molecule has 0 radical (unpaired) electrons. The van der Waals surface area contributed by atoms with Gasteiger partial charge in [-0.05, 0) is 62.9 Å². The number of aromatic nitrogens is 2. The van der Waals surface area contributed by atoms with Gasteiger partial charge < -0.3 is 24.3 Å². The van der Waals surface area contributed by atoms with E-state index in [2.05, 4.69) is 77.7 Å². The van der Waals surface area contributed by atoms with Gasteiger partial charge in [0.2, 0.25) is 5.91 Å². The number of rotatable bonds is 7. The summed E-state index contributed by atoms with van der Waals surface area (Å²) in [4.78, 5) is 31.4. The maximum Gasteiger partial charge on any atom is 0.318 e. The Morgan fingerprint density at radius 1 is 1.07 bits per heavy atom. The van der Waals surface area contributed by atoms with E-state index in [0.29, 0.717) is 38.3 Å². The Labute approximate surface area is 254 Å². The number of anilines is 2. The highest BCUT2D eigenvalue weighted by Crippen LogP contribution is 2.34. The van der Waals surface area contributed by atoms with Crippen LogP contribution in [0.2, 0.25) is 0 Å². The molecule has 2 aromatic carbocycles. The standard InChI is InChI=1S/C34H41N7O2/c1-4-31(42)41-21-20-40(22-26(41)13-16-35)33-28-14-18-39(30-12-6-10-25-9-5-8-24(2)32(25)30)19-15-29(28)36-34(37-33)43-23-27-11-7-17-38(27)3/h4-6,8-10,12,26-27H,1,7,11,13-15,17-23H2,2-3H3/t26?,27-/m0/s1. The molecule has 0 bridgehead atoms. The van der Waals surface area contributed by atoms with E-state index in [9.17, 15) is 10.1 Å². The maximum atomic E-state index is 12.6. The second-order valence-electron chi connectivity index (χ2n) is 12.0. The largest absolute Gasteiger partial charge is 0.462 e. The van der Waals surface area contributed by atoms with Crippen molar-refractivity contribution in [1.29, 1.82) is 5.26 Å². The first-order valence-corrected chi connectivity index (χ1v) is 15.5. The average Bonchev–Trinajstić information content (AvgIpc) is 3.31. The molecule has 3 aliphatic rings. The third kappa shape index (κ3) is 5.89. The quantitative estimate of drug-likeness (QED) is 0.386. The number of amides is 1. The number of hydrogen-bond donors (Lipinski definition) is 0. The summed E-state index contributed by atoms with van der Waals surface area (Å²) < 4.78 is 6.30. The second kappa shape index (κ2) is 12.6. The van der Waals surface area contributed by atoms with Crippen molar-refractivity contribution in [2.45, 2.75) is 51.1 Å². The van der Waals surface area contributed by atoms with E-state index >= 15 is 0 Å². The van der Waals surface area contributed by atoms with Crippen LogP contribution >= 0.6 is 0 Å². The first kappa shape index (κ1) is 28.9. The van der Waals surface area contributed by atoms with Gasteiger partial charge in [-0.2, -0.15) is 15.2 Å². The minimum atomic E-state index is -0.229. The Morgan fingerprint density at radius 2 is 1.88 bits per heavy atom. The van der Waals surface area contributed by atoms with E-state index in [1.54, 1.807) is 4.90 Å². The molecule has 2 saturated heterocycles. The summed E-state index contributed by atoms with van der Waals surface area (Å²) in [6.07, 6.45) is 5.47. The zero-order valence-corrected chi connectivity index (χ0v) is 25.3. The van der Waals surface area contributed by atoms with E-state index in [-0.39, 0.29) is 18.4 Å². The lowest BCUT2D eigenvalue weighted by Gasteiger charge is -2.41. The fraction of sp³-hybridized carbons (Fsp3) is 0.471. The van der Waals surface area contributed by atoms with Crippen LogP contribution in [0.3, 0.4) is 0 Å². The third-order valence-corrected chi connectivity index (χ3v) is 9.38. The Hall–Kier alpha value is -4.16. The van der Waals surface area contributed by atoms with E-state index in [1.165, 1.54) is 34.5 Å². The van der Waals surface area contributed by atoms with Gasteiger partial charge in [-0.15, -0.1) is 0 Å². The average molecular weight is 580 g/mol. The molecule has 9 nitrogen and oxygen atoms in total. The second-order valence-corrected chi connectivity index (χ2v) is 12.0. The van der Waals surface area contributed by atoms with Crippen LogP contribution in [0.1, 0.15) is 36.1 Å². The number of likely N-dealkylation sites (N-methyl/N-ethyl adjacent to an activating group) is 1. The molecule has 4 heterocycles. The monoisotopic (exact) mass is 579 g/mol. The van der Waals surface area contributed by atoms with Crippen molar-refractivity contribution < 1.29 is 9.53 Å². The van der Waals surface area contributed by atoms with Gasteiger partial charge in [0.25, 0.3) is 0 Å². The van der Waals surface area contributed by atoms with Crippen molar-refractivity contribution in [1.82, 2.24) is 19.8 Å². The lowest BCUT2D eigenvalue weighted by molar-refractivity contribution is -0.128. The molecule has 1 unspecified atom stereocenters. The molecule has 3 aromatic rings. The fourth-order valence-corrected chi connectivity index (χ4v) is 6.99. The Kier molecular flexibility index (Phi) is 8.48. The summed E-state index contributed by atoms with van der Waals surface area (Å²) in [5, 5.41) is 12.1. The molecular formula is C34H41N7O2. The van der Waals surface area contributed by atoms with Gasteiger partial charge in [-0.25, -0.2) is 0 Å². The highest BCUT2D eigenvalue weighted by molar-refractivity contribution is 5.97. The Balaban J connectivity index is 1.32. The molecule has 3 aliphatic heterocycles. The zero-order valence-electron chi connectivity index (χ0n) is 25.3. The Morgan fingerprint density at radius 3 is 2.65 bits per heavy atom. The van der Waals surface area contributed by atoms with Crippen molar-refractivity contribution in [3.63, 3.8) is 0 Å². The van der Waals surface area contributed by atoms with Crippen molar-refractivity contribution in [3.8, 4) is 12.1 Å². The molecule has 1 aromatic heterocycles. The number of hydrogen-bond acceptors (Lipinski definition) is 8. The number of carbonyl (C=O) groups is 1. The molecule has 9 heteroatoms. The van der Waals surface area contributed by atoms with Crippen molar-refractivity contribution in [2.24, 2.45) is 0 Å². The summed E-state index contributed by atoms with van der Waals surface area (Å²) in [5.41, 5.74) is 4.70. The van der Waals surface area contributed by atoms with Crippen LogP contribution in [0.15, 0.2) is 49.1 Å². The summed E-state index contributed by atoms with van der Waals surface area (Å²) in [6.45, 7) is 10.9. The van der Waals surface area contributed by atoms with Crippen LogP contribution in [0.4, 0.5) is 11.5 Å². The number of piperazine rings is 1. The third-order valence-electron chi connectivity index (χ3n) is 9.38. The lowest BCUT2D eigenvalue weighted by Crippen LogP contribution is -2.55. The van der Waals surface area contributed by atoms with Crippen LogP contribution in [0.5, 0.6) is 6.01 Å². The molecular weight excluding hydrogens is 538 g/mol. The van der Waals surface area contributed by atoms with Crippen molar-refractivity contribution in [3.05, 3.63) is 65.9 Å². The molecule has 0 spiro atoms. The number of fused-ring (bicyclic) bond motifs is 2. The molecule has 6 rings (SSSR count). The van der Waals surface area contributed by atoms with Gasteiger partial charge >= 0.3 is 6.01 Å². The minimum absolute atomic E-state index is 0.132. The van der Waals surface area contributed by atoms with E-state index < -0.39 is 0 Å². The number of benzene rings is 2. The number of ether oxygens (including phenoxy) is 1. The predicted octanol–water partition coefficient (Wildman–Crippen LogP) is 4.13. The maximum absolute atomic E-state index is 12.6. The summed E-state index contributed by atoms with van der Waals surface area (Å²) in [6, 6.07) is 15.9. The SMILES string of the molecule is C=CC(=O)N1CCN(c2nc(OC[C@@H]3CCCN3C)nc3c2CCN(c2cccc4cccc(C)c24)CC3)CC1CC#N. The summed E-state index contributed by atoms with van der Waals surface area (Å²) in [5.74, 6) is 0.747. The Bertz CT molecular complexity index is 1540. The molecule has 2 atom stereocenters. The topological polar surface area (TPSA) is 88.8 Å². The van der Waals surface area contributed by atoms with Gasteiger partial charge in [0, 0.05) is 61.8 Å². The molecule has 0 aliphatic carbocycles. The van der Waals surface area contributed by atoms with Gasteiger partial charge in [0.15, 0.2) is 0 Å². The molecule has 43 heavy (non-hydrogen) atoms. The lowest BCUT2D eigenvalue weighted by atomic mass is 10.0. The number of nitriles is 1. The summed E-state index contributed by atoms with van der Waals surface area (Å²) in [7, 11) is 2.15. The molecule has 0 N–H and O–H groups in total. The van der Waals surface area contributed by atoms with Crippen LogP contribution in [-0.4, -0.2) is 90.7 Å². The molecule has 224 valence electrons. The highest BCUT2D eigenvalue weighted by Gasteiger charge is 2.33. The van der Waals surface area contributed by atoms with Crippen LogP contribution in [0.25, 0.3) is 10.8 Å². The van der Waals surface area contributed by atoms with Crippen molar-refractivity contribution >= 4 is 28.2 Å².